The second kappa shape index (κ2) is 3.83. The zero-order valence-corrected chi connectivity index (χ0v) is 10.5. The third-order valence-electron chi connectivity index (χ3n) is 4.50. The molecular formula is C15H15FN2O. The highest BCUT2D eigenvalue weighted by Crippen LogP contribution is 2.58. The van der Waals surface area contributed by atoms with Crippen LogP contribution in [-0.2, 0) is 0 Å². The monoisotopic (exact) mass is 258 g/mol. The molecule has 0 saturated heterocycles. The first kappa shape index (κ1) is 11.0. The van der Waals surface area contributed by atoms with E-state index in [-0.39, 0.29) is 5.82 Å². The maximum Gasteiger partial charge on any atom is 0.175 e. The Labute approximate surface area is 110 Å². The van der Waals surface area contributed by atoms with Crippen molar-refractivity contribution in [3.8, 4) is 11.1 Å². The van der Waals surface area contributed by atoms with Gasteiger partial charge in [0, 0.05) is 11.5 Å². The van der Waals surface area contributed by atoms with Crippen molar-refractivity contribution in [2.75, 3.05) is 5.73 Å². The van der Waals surface area contributed by atoms with Crippen molar-refractivity contribution in [2.24, 2.45) is 11.8 Å². The van der Waals surface area contributed by atoms with Crippen molar-refractivity contribution in [1.29, 1.82) is 0 Å². The van der Waals surface area contributed by atoms with Gasteiger partial charge in [-0.1, -0.05) is 23.4 Å². The van der Waals surface area contributed by atoms with Gasteiger partial charge in [0.1, 0.15) is 11.6 Å². The molecule has 19 heavy (non-hydrogen) atoms. The smallest absolute Gasteiger partial charge is 0.175 e. The number of halogens is 1. The lowest BCUT2D eigenvalue weighted by molar-refractivity contribution is 0.356. The largest absolute Gasteiger partial charge is 0.380 e. The van der Waals surface area contributed by atoms with E-state index in [1.54, 1.807) is 18.2 Å². The van der Waals surface area contributed by atoms with Gasteiger partial charge in [-0.15, -0.1) is 0 Å². The molecule has 0 radical (unpaired) electrons. The Balaban J connectivity index is 1.79. The maximum absolute atomic E-state index is 14.0. The van der Waals surface area contributed by atoms with Crippen LogP contribution < -0.4 is 5.73 Å². The van der Waals surface area contributed by atoms with Crippen molar-refractivity contribution < 1.29 is 8.91 Å². The van der Waals surface area contributed by atoms with Gasteiger partial charge in [-0.2, -0.15) is 0 Å². The second-order valence-electron chi connectivity index (χ2n) is 5.71. The third kappa shape index (κ3) is 1.66. The van der Waals surface area contributed by atoms with E-state index in [9.17, 15) is 4.39 Å². The zero-order chi connectivity index (χ0) is 13.0. The number of hydrogen-bond acceptors (Lipinski definition) is 3. The van der Waals surface area contributed by atoms with Gasteiger partial charge in [0.2, 0.25) is 0 Å². The van der Waals surface area contributed by atoms with Gasteiger partial charge in [-0.3, -0.25) is 0 Å². The fraction of sp³-hybridized carbons (Fsp3) is 0.400. The number of benzene rings is 1. The number of anilines is 1. The van der Waals surface area contributed by atoms with E-state index in [1.165, 1.54) is 12.5 Å². The van der Waals surface area contributed by atoms with Crippen LogP contribution in [0.1, 0.15) is 30.9 Å². The molecule has 98 valence electrons. The molecule has 0 amide bonds. The van der Waals surface area contributed by atoms with Gasteiger partial charge in [-0.05, 0) is 37.2 Å². The van der Waals surface area contributed by atoms with E-state index in [0.29, 0.717) is 22.9 Å². The molecule has 4 rings (SSSR count). The topological polar surface area (TPSA) is 52.0 Å². The number of hydrogen-bond donors (Lipinski definition) is 1. The first-order chi connectivity index (χ1) is 9.24. The quantitative estimate of drug-likeness (QED) is 0.895. The Morgan fingerprint density at radius 3 is 2.63 bits per heavy atom. The molecule has 0 spiro atoms. The van der Waals surface area contributed by atoms with Gasteiger partial charge < -0.3 is 10.3 Å². The number of aromatic nitrogens is 1. The van der Waals surface area contributed by atoms with Crippen LogP contribution in [0, 0.1) is 17.7 Å². The van der Waals surface area contributed by atoms with E-state index in [0.717, 1.165) is 30.4 Å². The summed E-state index contributed by atoms with van der Waals surface area (Å²) in [6.45, 7) is 0. The second-order valence-corrected chi connectivity index (χ2v) is 5.71. The summed E-state index contributed by atoms with van der Waals surface area (Å²) in [6, 6.07) is 6.66. The minimum absolute atomic E-state index is 0.276. The summed E-state index contributed by atoms with van der Waals surface area (Å²) in [5.41, 5.74) is 7.04. The molecule has 2 aliphatic rings. The normalized spacial score (nSPS) is 28.4. The number of fused-ring (bicyclic) bond motifs is 1. The van der Waals surface area contributed by atoms with E-state index in [1.807, 2.05) is 0 Å². The van der Waals surface area contributed by atoms with Crippen LogP contribution in [0.3, 0.4) is 0 Å². The lowest BCUT2D eigenvalue weighted by atomic mass is 9.94. The molecule has 1 aromatic carbocycles. The maximum atomic E-state index is 14.0. The van der Waals surface area contributed by atoms with Crippen LogP contribution in [0.5, 0.6) is 0 Å². The zero-order valence-electron chi connectivity index (χ0n) is 10.5. The Morgan fingerprint density at radius 1 is 1.16 bits per heavy atom. The highest BCUT2D eigenvalue weighted by atomic mass is 19.1. The SMILES string of the molecule is Nc1noc(C2CC3CC3C2)c1-c1ccccc1F. The molecule has 1 aromatic heterocycles. The van der Waals surface area contributed by atoms with E-state index in [2.05, 4.69) is 5.16 Å². The Morgan fingerprint density at radius 2 is 1.89 bits per heavy atom. The van der Waals surface area contributed by atoms with Crippen LogP contribution in [0.15, 0.2) is 28.8 Å². The van der Waals surface area contributed by atoms with Gasteiger partial charge in [0.15, 0.2) is 5.82 Å². The first-order valence-electron chi connectivity index (χ1n) is 6.74. The molecule has 2 aliphatic carbocycles. The summed E-state index contributed by atoms with van der Waals surface area (Å²) in [5, 5.41) is 3.85. The van der Waals surface area contributed by atoms with Crippen LogP contribution in [0.4, 0.5) is 10.2 Å². The molecule has 0 aliphatic heterocycles. The highest BCUT2D eigenvalue weighted by molar-refractivity contribution is 5.76. The van der Waals surface area contributed by atoms with Crippen molar-refractivity contribution in [3.63, 3.8) is 0 Å². The number of nitrogen functional groups attached to an aromatic ring is 1. The molecule has 3 nitrogen and oxygen atoms in total. The lowest BCUT2D eigenvalue weighted by Crippen LogP contribution is -1.98. The summed E-state index contributed by atoms with van der Waals surface area (Å²) in [5.74, 6) is 2.81. The van der Waals surface area contributed by atoms with E-state index in [4.69, 9.17) is 10.3 Å². The highest BCUT2D eigenvalue weighted by Gasteiger charge is 2.48. The molecule has 2 aromatic rings. The Kier molecular flexibility index (Phi) is 2.22. The molecule has 0 bridgehead atoms. The van der Waals surface area contributed by atoms with Gasteiger partial charge in [0.05, 0.1) is 5.56 Å². The number of nitrogens with zero attached hydrogens (tertiary/aromatic N) is 1. The van der Waals surface area contributed by atoms with Gasteiger partial charge in [0.25, 0.3) is 0 Å². The molecule has 1 heterocycles. The summed E-state index contributed by atoms with van der Waals surface area (Å²) >= 11 is 0. The van der Waals surface area contributed by atoms with Crippen molar-refractivity contribution in [1.82, 2.24) is 5.16 Å². The standard InChI is InChI=1S/C15H15FN2O/c16-12-4-2-1-3-11(12)13-14(19-18-15(13)17)10-6-8-5-9(8)7-10/h1-4,8-10H,5-7H2,(H2,17,18). The Bertz CT molecular complexity index is 627. The average molecular weight is 258 g/mol. The van der Waals surface area contributed by atoms with Gasteiger partial charge in [-0.25, -0.2) is 4.39 Å². The third-order valence-corrected chi connectivity index (χ3v) is 4.50. The van der Waals surface area contributed by atoms with Crippen molar-refractivity contribution >= 4 is 5.82 Å². The number of rotatable bonds is 2. The van der Waals surface area contributed by atoms with E-state index < -0.39 is 0 Å². The predicted octanol–water partition coefficient (Wildman–Crippen LogP) is 3.58. The molecule has 2 N–H and O–H groups in total. The number of nitrogens with two attached hydrogens (primary N) is 1. The average Bonchev–Trinajstić information content (AvgIpc) is 2.84. The molecule has 2 atom stereocenters. The minimum atomic E-state index is -0.276. The molecule has 2 saturated carbocycles. The predicted molar refractivity (Wildman–Crippen MR) is 69.9 cm³/mol. The van der Waals surface area contributed by atoms with Crippen molar-refractivity contribution in [2.45, 2.75) is 25.2 Å². The summed E-state index contributed by atoms with van der Waals surface area (Å²) in [7, 11) is 0. The first-order valence-corrected chi connectivity index (χ1v) is 6.74. The molecule has 2 unspecified atom stereocenters. The van der Waals surface area contributed by atoms with Crippen LogP contribution in [-0.4, -0.2) is 5.16 Å². The minimum Gasteiger partial charge on any atom is -0.380 e. The van der Waals surface area contributed by atoms with E-state index >= 15 is 0 Å². The lowest BCUT2D eigenvalue weighted by Gasteiger charge is -2.10. The molecule has 4 heteroatoms. The molecule has 2 fully saturated rings. The fourth-order valence-electron chi connectivity index (χ4n) is 3.46. The Hall–Kier alpha value is -1.84. The van der Waals surface area contributed by atoms with Gasteiger partial charge >= 0.3 is 0 Å². The van der Waals surface area contributed by atoms with Crippen LogP contribution in [0.25, 0.3) is 11.1 Å². The fourth-order valence-corrected chi connectivity index (χ4v) is 3.46. The van der Waals surface area contributed by atoms with Crippen molar-refractivity contribution in [3.05, 3.63) is 35.8 Å². The van der Waals surface area contributed by atoms with Crippen LogP contribution >= 0.6 is 0 Å². The summed E-state index contributed by atoms with van der Waals surface area (Å²) in [6.07, 6.45) is 3.59. The van der Waals surface area contributed by atoms with Crippen LogP contribution in [0.2, 0.25) is 0 Å². The molecular weight excluding hydrogens is 243 g/mol. The summed E-state index contributed by atoms with van der Waals surface area (Å²) < 4.78 is 19.4. The summed E-state index contributed by atoms with van der Waals surface area (Å²) in [4.78, 5) is 0.